The number of anilines is 2. The van der Waals surface area contributed by atoms with Crippen molar-refractivity contribution in [1.82, 2.24) is 10.2 Å². The number of aryl methyl sites for hydroxylation is 1. The zero-order valence-corrected chi connectivity index (χ0v) is 13.6. The highest BCUT2D eigenvalue weighted by atomic mass is 19.4. The van der Waals surface area contributed by atoms with Crippen LogP contribution in [0.1, 0.15) is 24.0 Å². The first kappa shape index (κ1) is 17.8. The predicted molar refractivity (Wildman–Crippen MR) is 87.4 cm³/mol. The second-order valence-electron chi connectivity index (χ2n) is 5.76. The van der Waals surface area contributed by atoms with Crippen molar-refractivity contribution in [3.63, 3.8) is 0 Å². The summed E-state index contributed by atoms with van der Waals surface area (Å²) in [6, 6.07) is 8.09. The molecule has 26 heavy (non-hydrogen) atoms. The van der Waals surface area contributed by atoms with Gasteiger partial charge in [-0.3, -0.25) is 9.59 Å². The van der Waals surface area contributed by atoms with Gasteiger partial charge in [0, 0.05) is 25.1 Å². The summed E-state index contributed by atoms with van der Waals surface area (Å²) in [5.74, 6) is -1.44. The van der Waals surface area contributed by atoms with Gasteiger partial charge in [-0.25, -0.2) is 0 Å². The van der Waals surface area contributed by atoms with Crippen molar-refractivity contribution >= 4 is 23.3 Å². The van der Waals surface area contributed by atoms with E-state index in [4.69, 9.17) is 0 Å². The summed E-state index contributed by atoms with van der Waals surface area (Å²) in [6.07, 6.45) is -2.94. The number of hydrogen-bond acceptors (Lipinski definition) is 4. The molecular weight excluding hydrogens is 349 g/mol. The molecule has 2 heterocycles. The number of hydrogen-bond donors (Lipinski definition) is 1. The molecule has 1 aliphatic heterocycles. The number of halogens is 3. The van der Waals surface area contributed by atoms with Gasteiger partial charge in [0.1, 0.15) is 5.56 Å². The number of amides is 2. The van der Waals surface area contributed by atoms with E-state index in [2.05, 4.69) is 15.5 Å². The molecule has 6 nitrogen and oxygen atoms in total. The molecule has 0 fully saturated rings. The fraction of sp³-hybridized carbons (Fsp3) is 0.294. The third-order valence-corrected chi connectivity index (χ3v) is 4.04. The smallest absolute Gasteiger partial charge is 0.312 e. The highest BCUT2D eigenvalue weighted by molar-refractivity contribution is 5.98. The van der Waals surface area contributed by atoms with Crippen LogP contribution < -0.4 is 10.2 Å². The molecule has 0 bridgehead atoms. The molecule has 0 saturated heterocycles. The molecule has 0 radical (unpaired) electrons. The van der Waals surface area contributed by atoms with Gasteiger partial charge < -0.3 is 10.2 Å². The molecule has 1 aromatic heterocycles. The molecule has 0 spiro atoms. The van der Waals surface area contributed by atoms with Crippen LogP contribution in [0.5, 0.6) is 0 Å². The van der Waals surface area contributed by atoms with E-state index in [0.29, 0.717) is 12.8 Å². The molecule has 9 heteroatoms. The molecule has 0 atom stereocenters. The summed E-state index contributed by atoms with van der Waals surface area (Å²) in [5.41, 5.74) is 0.660. The van der Waals surface area contributed by atoms with E-state index >= 15 is 0 Å². The summed E-state index contributed by atoms with van der Waals surface area (Å²) < 4.78 is 38.8. The van der Waals surface area contributed by atoms with Gasteiger partial charge in [-0.05, 0) is 24.1 Å². The first-order chi connectivity index (χ1) is 12.4. The average Bonchev–Trinajstić information content (AvgIpc) is 2.60. The Bertz CT molecular complexity index is 839. The molecule has 1 aromatic carbocycles. The van der Waals surface area contributed by atoms with Crippen LogP contribution in [0.25, 0.3) is 0 Å². The lowest BCUT2D eigenvalue weighted by molar-refractivity contribution is -0.137. The number of carbonyl (C=O) groups excluding carboxylic acids is 2. The van der Waals surface area contributed by atoms with Crippen LogP contribution in [-0.2, 0) is 22.2 Å². The third kappa shape index (κ3) is 3.81. The zero-order chi connectivity index (χ0) is 18.7. The van der Waals surface area contributed by atoms with Gasteiger partial charge in [0.25, 0.3) is 0 Å². The third-order valence-electron chi connectivity index (χ3n) is 4.04. The maximum atomic E-state index is 12.9. The van der Waals surface area contributed by atoms with Crippen molar-refractivity contribution < 1.29 is 22.8 Å². The van der Waals surface area contributed by atoms with Crippen molar-refractivity contribution in [2.45, 2.75) is 25.4 Å². The minimum atomic E-state index is -4.65. The molecular formula is C17H15F3N4O2. The van der Waals surface area contributed by atoms with Crippen LogP contribution in [0.4, 0.5) is 24.7 Å². The Morgan fingerprint density at radius 1 is 1.19 bits per heavy atom. The fourth-order valence-corrected chi connectivity index (χ4v) is 2.80. The fourth-order valence-electron chi connectivity index (χ4n) is 2.80. The quantitative estimate of drug-likeness (QED) is 0.905. The normalized spacial score (nSPS) is 14.1. The number of benzene rings is 1. The first-order valence-electron chi connectivity index (χ1n) is 7.93. The van der Waals surface area contributed by atoms with Gasteiger partial charge >= 0.3 is 6.18 Å². The number of carbonyl (C=O) groups is 2. The summed E-state index contributed by atoms with van der Waals surface area (Å²) >= 11 is 0. The minimum Gasteiger partial charge on any atom is -0.312 e. The van der Waals surface area contributed by atoms with Crippen LogP contribution in [0.2, 0.25) is 0 Å². The monoisotopic (exact) mass is 364 g/mol. The number of aromatic nitrogens is 2. The topological polar surface area (TPSA) is 75.2 Å². The number of fused-ring (bicyclic) bond motifs is 1. The van der Waals surface area contributed by atoms with Crippen LogP contribution in [0, 0.1) is 0 Å². The first-order valence-corrected chi connectivity index (χ1v) is 7.93. The molecule has 136 valence electrons. The van der Waals surface area contributed by atoms with Crippen molar-refractivity contribution in [3.05, 3.63) is 47.7 Å². The Hall–Kier alpha value is -2.97. The highest BCUT2D eigenvalue weighted by Gasteiger charge is 2.35. The zero-order valence-electron chi connectivity index (χ0n) is 13.6. The van der Waals surface area contributed by atoms with Gasteiger partial charge in [0.15, 0.2) is 5.82 Å². The Balaban J connectivity index is 1.68. The van der Waals surface area contributed by atoms with Crippen molar-refractivity contribution in [3.8, 4) is 0 Å². The van der Waals surface area contributed by atoms with Crippen LogP contribution >= 0.6 is 0 Å². The largest absolute Gasteiger partial charge is 0.420 e. The van der Waals surface area contributed by atoms with Crippen LogP contribution in [0.15, 0.2) is 36.5 Å². The van der Waals surface area contributed by atoms with Gasteiger partial charge in [-0.2, -0.15) is 18.3 Å². The number of nitrogens with one attached hydrogen (secondary N) is 1. The molecule has 0 unspecified atom stereocenters. The Labute approximate surface area is 147 Å². The molecule has 0 saturated carbocycles. The van der Waals surface area contributed by atoms with Crippen LogP contribution in [0.3, 0.4) is 0 Å². The SMILES string of the molecule is O=C(CCN1C(=O)CCc2ccccc21)Nc1nnccc1C(F)(F)F. The summed E-state index contributed by atoms with van der Waals surface area (Å²) in [4.78, 5) is 25.7. The molecule has 1 N–H and O–H groups in total. The standard InChI is InChI=1S/C17H15F3N4O2/c18-17(19,20)12-7-9-21-23-16(12)22-14(25)8-10-24-13-4-2-1-3-11(13)5-6-15(24)26/h1-4,7,9H,5-6,8,10H2,(H,22,23,25). The van der Waals surface area contributed by atoms with E-state index in [1.54, 1.807) is 12.1 Å². The molecule has 1 aliphatic rings. The predicted octanol–water partition coefficient (Wildman–Crippen LogP) is 2.80. The van der Waals surface area contributed by atoms with E-state index < -0.39 is 23.5 Å². The maximum absolute atomic E-state index is 12.9. The lowest BCUT2D eigenvalue weighted by atomic mass is 10.0. The number of alkyl halides is 3. The van der Waals surface area contributed by atoms with E-state index in [1.165, 1.54) is 4.90 Å². The average molecular weight is 364 g/mol. The second kappa shape index (κ2) is 7.11. The van der Waals surface area contributed by atoms with Crippen molar-refractivity contribution in [1.29, 1.82) is 0 Å². The van der Waals surface area contributed by atoms with Gasteiger partial charge in [-0.15, -0.1) is 5.10 Å². The highest BCUT2D eigenvalue weighted by Crippen LogP contribution is 2.33. The number of rotatable bonds is 4. The second-order valence-corrected chi connectivity index (χ2v) is 5.76. The number of para-hydroxylation sites is 1. The van der Waals surface area contributed by atoms with E-state index in [1.807, 2.05) is 12.1 Å². The minimum absolute atomic E-state index is 0.0727. The summed E-state index contributed by atoms with van der Waals surface area (Å²) in [6.45, 7) is 0.0727. The Morgan fingerprint density at radius 2 is 1.96 bits per heavy atom. The molecule has 0 aliphatic carbocycles. The summed E-state index contributed by atoms with van der Waals surface area (Å²) in [5, 5.41) is 8.85. The van der Waals surface area contributed by atoms with Crippen molar-refractivity contribution in [2.24, 2.45) is 0 Å². The Kier molecular flexibility index (Phi) is 4.88. The Morgan fingerprint density at radius 3 is 2.73 bits per heavy atom. The van der Waals surface area contributed by atoms with E-state index in [-0.39, 0.29) is 18.9 Å². The van der Waals surface area contributed by atoms with E-state index in [0.717, 1.165) is 23.5 Å². The maximum Gasteiger partial charge on any atom is 0.420 e. The van der Waals surface area contributed by atoms with Gasteiger partial charge in [0.2, 0.25) is 11.8 Å². The van der Waals surface area contributed by atoms with Gasteiger partial charge in [-0.1, -0.05) is 18.2 Å². The summed E-state index contributed by atoms with van der Waals surface area (Å²) in [7, 11) is 0. The molecule has 2 amide bonds. The lowest BCUT2D eigenvalue weighted by Gasteiger charge is -2.29. The molecule has 3 rings (SSSR count). The van der Waals surface area contributed by atoms with Gasteiger partial charge in [0.05, 0.1) is 6.20 Å². The van der Waals surface area contributed by atoms with Crippen molar-refractivity contribution in [2.75, 3.05) is 16.8 Å². The number of nitrogens with zero attached hydrogens (tertiary/aromatic N) is 3. The van der Waals surface area contributed by atoms with E-state index in [9.17, 15) is 22.8 Å². The molecule has 2 aromatic rings. The lowest BCUT2D eigenvalue weighted by Crippen LogP contribution is -2.37. The van der Waals surface area contributed by atoms with Crippen LogP contribution in [-0.4, -0.2) is 28.6 Å².